The van der Waals surface area contributed by atoms with Crippen molar-refractivity contribution in [2.45, 2.75) is 6.18 Å². The van der Waals surface area contributed by atoms with E-state index in [0.717, 1.165) is 17.0 Å². The molecule has 0 spiro atoms. The van der Waals surface area contributed by atoms with E-state index in [-0.39, 0.29) is 10.7 Å². The van der Waals surface area contributed by atoms with Crippen molar-refractivity contribution in [3.05, 3.63) is 28.8 Å². The highest BCUT2D eigenvalue weighted by molar-refractivity contribution is 6.31. The van der Waals surface area contributed by atoms with Crippen LogP contribution in [-0.2, 0) is 6.18 Å². The second kappa shape index (κ2) is 3.99. The summed E-state index contributed by atoms with van der Waals surface area (Å²) in [6.07, 6.45) is -2.81. The van der Waals surface area contributed by atoms with E-state index >= 15 is 0 Å². The van der Waals surface area contributed by atoms with Crippen LogP contribution in [0.4, 0.5) is 18.9 Å². The van der Waals surface area contributed by atoms with Gasteiger partial charge in [0.05, 0.1) is 16.3 Å². The summed E-state index contributed by atoms with van der Waals surface area (Å²) in [5, 5.41) is 8.14. The van der Waals surface area contributed by atoms with Gasteiger partial charge in [0, 0.05) is 7.05 Å². The fourth-order valence-electron chi connectivity index (χ4n) is 0.997. The van der Waals surface area contributed by atoms with Crippen LogP contribution in [0, 0.1) is 11.5 Å². The lowest BCUT2D eigenvalue weighted by atomic mass is 10.2. The molecule has 6 heteroatoms. The first kappa shape index (κ1) is 11.7. The Morgan fingerprint density at radius 1 is 1.40 bits per heavy atom. The van der Waals surface area contributed by atoms with Gasteiger partial charge in [-0.05, 0) is 18.2 Å². The lowest BCUT2D eigenvalue weighted by molar-refractivity contribution is -0.137. The monoisotopic (exact) mass is 234 g/mol. The average molecular weight is 235 g/mol. The van der Waals surface area contributed by atoms with Gasteiger partial charge in [-0.15, -0.1) is 0 Å². The molecule has 0 saturated carbocycles. The zero-order chi connectivity index (χ0) is 11.6. The van der Waals surface area contributed by atoms with Crippen molar-refractivity contribution >= 4 is 17.3 Å². The van der Waals surface area contributed by atoms with Crippen molar-refractivity contribution in [3.8, 4) is 6.19 Å². The Labute approximate surface area is 89.5 Å². The van der Waals surface area contributed by atoms with Crippen molar-refractivity contribution in [2.75, 3.05) is 11.9 Å². The molecule has 0 aliphatic rings. The zero-order valence-corrected chi connectivity index (χ0v) is 8.39. The van der Waals surface area contributed by atoms with Crippen molar-refractivity contribution < 1.29 is 13.2 Å². The van der Waals surface area contributed by atoms with E-state index in [4.69, 9.17) is 16.9 Å². The number of nitriles is 1. The van der Waals surface area contributed by atoms with Crippen LogP contribution >= 0.6 is 11.6 Å². The van der Waals surface area contributed by atoms with Crippen molar-refractivity contribution in [1.29, 1.82) is 5.26 Å². The molecule has 0 amide bonds. The molecule has 0 fully saturated rings. The van der Waals surface area contributed by atoms with Gasteiger partial charge in [-0.25, -0.2) is 0 Å². The number of alkyl halides is 3. The van der Waals surface area contributed by atoms with Crippen LogP contribution in [0.1, 0.15) is 5.56 Å². The molecule has 0 radical (unpaired) electrons. The molecule has 0 unspecified atom stereocenters. The first-order chi connectivity index (χ1) is 6.86. The molecule has 80 valence electrons. The Balaban J connectivity index is 3.24. The number of hydrogen-bond donors (Lipinski definition) is 0. The number of hydrogen-bond acceptors (Lipinski definition) is 2. The molecule has 0 bridgehead atoms. The Bertz CT molecular complexity index is 409. The van der Waals surface area contributed by atoms with Gasteiger partial charge in [0.25, 0.3) is 0 Å². The van der Waals surface area contributed by atoms with Gasteiger partial charge < -0.3 is 0 Å². The van der Waals surface area contributed by atoms with Crippen LogP contribution in [0.5, 0.6) is 0 Å². The summed E-state index contributed by atoms with van der Waals surface area (Å²) in [5.41, 5.74) is -0.794. The maximum atomic E-state index is 12.4. The molecule has 0 atom stereocenters. The average Bonchev–Trinajstić information content (AvgIpc) is 2.15. The highest BCUT2D eigenvalue weighted by Gasteiger charge is 2.33. The molecular weight excluding hydrogens is 229 g/mol. The molecule has 1 rings (SSSR count). The van der Waals surface area contributed by atoms with Gasteiger partial charge in [0.2, 0.25) is 0 Å². The number of rotatable bonds is 1. The molecule has 1 aromatic carbocycles. The number of halogens is 4. The van der Waals surface area contributed by atoms with Crippen molar-refractivity contribution in [3.63, 3.8) is 0 Å². The van der Waals surface area contributed by atoms with Gasteiger partial charge in [0.1, 0.15) is 0 Å². The highest BCUT2D eigenvalue weighted by atomic mass is 35.5. The van der Waals surface area contributed by atoms with Crippen molar-refractivity contribution in [1.82, 2.24) is 0 Å². The van der Waals surface area contributed by atoms with Gasteiger partial charge in [-0.3, -0.25) is 4.90 Å². The molecule has 1 aromatic rings. The van der Waals surface area contributed by atoms with Crippen LogP contribution in [0.25, 0.3) is 0 Å². The summed E-state index contributed by atoms with van der Waals surface area (Å²) in [6.45, 7) is 0. The zero-order valence-electron chi connectivity index (χ0n) is 7.64. The maximum Gasteiger partial charge on any atom is 0.417 e. The minimum atomic E-state index is -4.51. The van der Waals surface area contributed by atoms with Crippen molar-refractivity contribution in [2.24, 2.45) is 0 Å². The fourth-order valence-corrected chi connectivity index (χ4v) is 1.22. The summed E-state index contributed by atoms with van der Waals surface area (Å²) < 4.78 is 37.2. The summed E-state index contributed by atoms with van der Waals surface area (Å²) in [4.78, 5) is 1.02. The SMILES string of the molecule is CN(C#N)c1ccc(Cl)c(C(F)(F)F)c1. The quantitative estimate of drug-likeness (QED) is 0.551. The molecule has 15 heavy (non-hydrogen) atoms. The summed E-state index contributed by atoms with van der Waals surface area (Å²) in [5.74, 6) is 0. The van der Waals surface area contributed by atoms with E-state index in [9.17, 15) is 13.2 Å². The molecule has 0 saturated heterocycles. The first-order valence-electron chi connectivity index (χ1n) is 3.86. The second-order valence-corrected chi connectivity index (χ2v) is 3.23. The van der Waals surface area contributed by atoms with Gasteiger partial charge in [0.15, 0.2) is 6.19 Å². The third-order valence-corrected chi connectivity index (χ3v) is 2.12. The normalized spacial score (nSPS) is 10.9. The molecule has 0 heterocycles. The third-order valence-electron chi connectivity index (χ3n) is 1.79. The lowest BCUT2D eigenvalue weighted by Gasteiger charge is -2.13. The Morgan fingerprint density at radius 2 is 2.00 bits per heavy atom. The topological polar surface area (TPSA) is 27.0 Å². The molecule has 0 aliphatic heterocycles. The van der Waals surface area contributed by atoms with Crippen LogP contribution in [-0.4, -0.2) is 7.05 Å². The van der Waals surface area contributed by atoms with Gasteiger partial charge >= 0.3 is 6.18 Å². The minimum Gasteiger partial charge on any atom is -0.283 e. The molecule has 0 N–H and O–H groups in total. The molecular formula is C9H6ClF3N2. The van der Waals surface area contributed by atoms with Crippen LogP contribution < -0.4 is 4.90 Å². The molecule has 2 nitrogen and oxygen atoms in total. The molecule has 0 aliphatic carbocycles. The first-order valence-corrected chi connectivity index (χ1v) is 4.24. The largest absolute Gasteiger partial charge is 0.417 e. The predicted molar refractivity (Wildman–Crippen MR) is 50.5 cm³/mol. The summed E-state index contributed by atoms with van der Waals surface area (Å²) in [7, 11) is 1.36. The smallest absolute Gasteiger partial charge is 0.283 e. The number of benzene rings is 1. The minimum absolute atomic E-state index is 0.147. The van der Waals surface area contributed by atoms with E-state index in [1.807, 2.05) is 0 Å². The second-order valence-electron chi connectivity index (χ2n) is 2.82. The molecule has 0 aromatic heterocycles. The fraction of sp³-hybridized carbons (Fsp3) is 0.222. The number of anilines is 1. The Kier molecular flexibility index (Phi) is 3.10. The van der Waals surface area contributed by atoms with Gasteiger partial charge in [-0.2, -0.15) is 18.4 Å². The van der Waals surface area contributed by atoms with E-state index in [0.29, 0.717) is 0 Å². The van der Waals surface area contributed by atoms with Crippen LogP contribution in [0.15, 0.2) is 18.2 Å². The number of nitrogens with zero attached hydrogens (tertiary/aromatic N) is 2. The van der Waals surface area contributed by atoms with E-state index in [1.165, 1.54) is 13.1 Å². The maximum absolute atomic E-state index is 12.4. The van der Waals surface area contributed by atoms with Crippen LogP contribution in [0.3, 0.4) is 0 Å². The highest BCUT2D eigenvalue weighted by Crippen LogP contribution is 2.36. The standard InChI is InChI=1S/C9H6ClF3N2/c1-15(5-14)6-2-3-8(10)7(4-6)9(11,12)13/h2-4H,1H3. The van der Waals surface area contributed by atoms with Crippen LogP contribution in [0.2, 0.25) is 5.02 Å². The predicted octanol–water partition coefficient (Wildman–Crippen LogP) is 3.28. The Hall–Kier alpha value is -1.41. The van der Waals surface area contributed by atoms with E-state index in [1.54, 1.807) is 6.19 Å². The summed E-state index contributed by atoms with van der Waals surface area (Å²) >= 11 is 5.41. The summed E-state index contributed by atoms with van der Waals surface area (Å²) in [6, 6.07) is 3.31. The van der Waals surface area contributed by atoms with E-state index in [2.05, 4.69) is 0 Å². The third kappa shape index (κ3) is 2.54. The van der Waals surface area contributed by atoms with Gasteiger partial charge in [-0.1, -0.05) is 11.6 Å². The lowest BCUT2D eigenvalue weighted by Crippen LogP contribution is -2.11. The van der Waals surface area contributed by atoms with E-state index < -0.39 is 11.7 Å². The Morgan fingerprint density at radius 3 is 2.47 bits per heavy atom.